The largest absolute Gasteiger partial charge is 0.481 e. The van der Waals surface area contributed by atoms with Gasteiger partial charge in [-0.3, -0.25) is 4.79 Å². The lowest BCUT2D eigenvalue weighted by Gasteiger charge is -2.15. The Labute approximate surface area is 139 Å². The second kappa shape index (κ2) is 10.1. The first-order valence-corrected chi connectivity index (χ1v) is 7.60. The van der Waals surface area contributed by atoms with E-state index < -0.39 is 12.2 Å². The maximum Gasteiger partial charge on any atom is 0.407 e. The van der Waals surface area contributed by atoms with Gasteiger partial charge in [-0.15, -0.1) is 11.6 Å². The fourth-order valence-electron chi connectivity index (χ4n) is 1.45. The topological polar surface area (TPSA) is 76.7 Å². The number of alkyl carbamates (subject to hydrolysis) is 1. The summed E-state index contributed by atoms with van der Waals surface area (Å²) in [4.78, 5) is 22.9. The van der Waals surface area contributed by atoms with Gasteiger partial charge in [-0.05, 0) is 31.2 Å². The molecule has 0 aliphatic carbocycles. The Morgan fingerprint density at radius 1 is 1.18 bits per heavy atom. The summed E-state index contributed by atoms with van der Waals surface area (Å²) in [6.45, 7) is 2.29. The molecule has 1 aromatic carbocycles. The third kappa shape index (κ3) is 7.38. The monoisotopic (exact) mass is 348 g/mol. The van der Waals surface area contributed by atoms with E-state index in [-0.39, 0.29) is 31.5 Å². The van der Waals surface area contributed by atoms with Gasteiger partial charge in [0.2, 0.25) is 0 Å². The van der Waals surface area contributed by atoms with Gasteiger partial charge in [0, 0.05) is 18.1 Å². The summed E-state index contributed by atoms with van der Waals surface area (Å²) in [5, 5.41) is 5.71. The van der Waals surface area contributed by atoms with E-state index in [4.69, 9.17) is 32.7 Å². The molecule has 2 amide bonds. The van der Waals surface area contributed by atoms with Crippen molar-refractivity contribution in [3.05, 3.63) is 29.3 Å². The summed E-state index contributed by atoms with van der Waals surface area (Å²) >= 11 is 11.1. The molecule has 0 aliphatic rings. The van der Waals surface area contributed by atoms with Gasteiger partial charge in [-0.25, -0.2) is 4.79 Å². The molecule has 1 aromatic rings. The molecule has 1 unspecified atom stereocenters. The zero-order valence-electron chi connectivity index (χ0n) is 12.1. The van der Waals surface area contributed by atoms with Crippen molar-refractivity contribution in [1.82, 2.24) is 10.6 Å². The van der Waals surface area contributed by atoms with Gasteiger partial charge < -0.3 is 20.1 Å². The van der Waals surface area contributed by atoms with Crippen molar-refractivity contribution in [2.24, 2.45) is 0 Å². The average Bonchev–Trinajstić information content (AvgIpc) is 2.51. The normalized spacial score (nSPS) is 11.4. The fourth-order valence-corrected chi connectivity index (χ4v) is 1.65. The van der Waals surface area contributed by atoms with Crippen molar-refractivity contribution in [1.29, 1.82) is 0 Å². The first-order chi connectivity index (χ1) is 10.5. The minimum absolute atomic E-state index is 0.145. The number of ether oxygens (including phenoxy) is 2. The van der Waals surface area contributed by atoms with Gasteiger partial charge in [-0.1, -0.05) is 11.6 Å². The van der Waals surface area contributed by atoms with Crippen LogP contribution in [0, 0.1) is 0 Å². The molecule has 0 fully saturated rings. The SMILES string of the molecule is CC(Oc1ccc(Cl)cc1)C(=O)NCCNC(=O)OCCCl. The number of amides is 2. The zero-order valence-corrected chi connectivity index (χ0v) is 13.6. The first-order valence-electron chi connectivity index (χ1n) is 6.69. The Hall–Kier alpha value is -1.66. The van der Waals surface area contributed by atoms with Gasteiger partial charge in [0.1, 0.15) is 12.4 Å². The van der Waals surface area contributed by atoms with Gasteiger partial charge >= 0.3 is 6.09 Å². The molecular weight excluding hydrogens is 331 g/mol. The maximum absolute atomic E-state index is 11.8. The van der Waals surface area contributed by atoms with Crippen molar-refractivity contribution in [2.75, 3.05) is 25.6 Å². The highest BCUT2D eigenvalue weighted by Gasteiger charge is 2.14. The maximum atomic E-state index is 11.8. The summed E-state index contributed by atoms with van der Waals surface area (Å²) in [6, 6.07) is 6.72. The van der Waals surface area contributed by atoms with Crippen molar-refractivity contribution in [3.63, 3.8) is 0 Å². The molecule has 2 N–H and O–H groups in total. The summed E-state index contributed by atoms with van der Waals surface area (Å²) in [7, 11) is 0. The van der Waals surface area contributed by atoms with Crippen LogP contribution in [0.3, 0.4) is 0 Å². The van der Waals surface area contributed by atoms with Crippen LogP contribution in [0.4, 0.5) is 4.79 Å². The third-order valence-corrected chi connectivity index (χ3v) is 2.91. The van der Waals surface area contributed by atoms with Gasteiger partial charge in [-0.2, -0.15) is 0 Å². The molecule has 0 radical (unpaired) electrons. The number of alkyl halides is 1. The van der Waals surface area contributed by atoms with Crippen molar-refractivity contribution < 1.29 is 19.1 Å². The molecule has 6 nitrogen and oxygen atoms in total. The van der Waals surface area contributed by atoms with Crippen molar-refractivity contribution in [3.8, 4) is 5.75 Å². The highest BCUT2D eigenvalue weighted by Crippen LogP contribution is 2.16. The number of rotatable bonds is 8. The Kier molecular flexibility index (Phi) is 8.47. The van der Waals surface area contributed by atoms with E-state index in [1.807, 2.05) is 0 Å². The van der Waals surface area contributed by atoms with Crippen LogP contribution < -0.4 is 15.4 Å². The number of benzene rings is 1. The molecule has 122 valence electrons. The number of carbonyl (C=O) groups is 2. The van der Waals surface area contributed by atoms with Gasteiger partial charge in [0.15, 0.2) is 6.10 Å². The lowest BCUT2D eigenvalue weighted by atomic mass is 10.3. The lowest BCUT2D eigenvalue weighted by molar-refractivity contribution is -0.127. The van der Waals surface area contributed by atoms with E-state index in [9.17, 15) is 9.59 Å². The first kappa shape index (κ1) is 18.4. The number of halogens is 2. The van der Waals surface area contributed by atoms with Crippen LogP contribution in [0.1, 0.15) is 6.92 Å². The lowest BCUT2D eigenvalue weighted by Crippen LogP contribution is -2.40. The van der Waals surface area contributed by atoms with Crippen LogP contribution in [-0.4, -0.2) is 43.7 Å². The van der Waals surface area contributed by atoms with Crippen LogP contribution in [0.15, 0.2) is 24.3 Å². The number of hydrogen-bond acceptors (Lipinski definition) is 4. The van der Waals surface area contributed by atoms with E-state index in [1.54, 1.807) is 31.2 Å². The highest BCUT2D eigenvalue weighted by molar-refractivity contribution is 6.30. The van der Waals surface area contributed by atoms with Crippen LogP contribution in [0.5, 0.6) is 5.75 Å². The summed E-state index contributed by atoms with van der Waals surface area (Å²) < 4.78 is 10.2. The molecule has 22 heavy (non-hydrogen) atoms. The second-order valence-corrected chi connectivity index (χ2v) is 5.07. The Morgan fingerprint density at radius 2 is 1.82 bits per heavy atom. The van der Waals surface area contributed by atoms with Crippen LogP contribution in [0.2, 0.25) is 5.02 Å². The standard InChI is InChI=1S/C14H18Cl2N2O4/c1-10(22-12-4-2-11(16)3-5-12)13(19)17-7-8-18-14(20)21-9-6-15/h2-5,10H,6-9H2,1H3,(H,17,19)(H,18,20). The average molecular weight is 349 g/mol. The number of hydrogen-bond donors (Lipinski definition) is 2. The molecule has 0 heterocycles. The predicted octanol–water partition coefficient (Wildman–Crippen LogP) is 2.19. The number of carbonyl (C=O) groups excluding carboxylic acids is 2. The summed E-state index contributed by atoms with van der Waals surface area (Å²) in [6.07, 6.45) is -1.23. The Balaban J connectivity index is 2.21. The van der Waals surface area contributed by atoms with Crippen LogP contribution >= 0.6 is 23.2 Å². The quantitative estimate of drug-likeness (QED) is 0.557. The third-order valence-electron chi connectivity index (χ3n) is 2.50. The zero-order chi connectivity index (χ0) is 16.4. The molecule has 0 aliphatic heterocycles. The Bertz CT molecular complexity index is 482. The van der Waals surface area contributed by atoms with Crippen molar-refractivity contribution in [2.45, 2.75) is 13.0 Å². The molecular formula is C14H18Cl2N2O4. The van der Waals surface area contributed by atoms with E-state index in [1.165, 1.54) is 0 Å². The molecule has 1 rings (SSSR count). The number of nitrogens with one attached hydrogen (secondary N) is 2. The Morgan fingerprint density at radius 3 is 2.45 bits per heavy atom. The molecule has 8 heteroatoms. The molecule has 0 spiro atoms. The minimum atomic E-state index is -0.663. The second-order valence-electron chi connectivity index (χ2n) is 4.26. The fraction of sp³-hybridized carbons (Fsp3) is 0.429. The molecule has 1 atom stereocenters. The predicted molar refractivity (Wildman–Crippen MR) is 84.6 cm³/mol. The van der Waals surface area contributed by atoms with E-state index >= 15 is 0 Å². The summed E-state index contributed by atoms with van der Waals surface area (Å²) in [5.74, 6) is 0.504. The molecule has 0 saturated carbocycles. The van der Waals surface area contributed by atoms with E-state index in [2.05, 4.69) is 10.6 Å². The molecule has 0 saturated heterocycles. The minimum Gasteiger partial charge on any atom is -0.481 e. The van der Waals surface area contributed by atoms with Crippen LogP contribution in [-0.2, 0) is 9.53 Å². The van der Waals surface area contributed by atoms with Gasteiger partial charge in [0.25, 0.3) is 5.91 Å². The van der Waals surface area contributed by atoms with Crippen LogP contribution in [0.25, 0.3) is 0 Å². The molecule has 0 aromatic heterocycles. The summed E-state index contributed by atoms with van der Waals surface area (Å²) in [5.41, 5.74) is 0. The van der Waals surface area contributed by atoms with E-state index in [0.717, 1.165) is 0 Å². The van der Waals surface area contributed by atoms with Gasteiger partial charge in [0.05, 0.1) is 5.88 Å². The molecule has 0 bridgehead atoms. The smallest absolute Gasteiger partial charge is 0.407 e. The van der Waals surface area contributed by atoms with E-state index in [0.29, 0.717) is 10.8 Å². The van der Waals surface area contributed by atoms with Crippen molar-refractivity contribution >= 4 is 35.2 Å². The highest BCUT2D eigenvalue weighted by atomic mass is 35.5.